The number of anilines is 1. The molecular weight excluding hydrogens is 904 g/mol. The normalized spacial score (nSPS) is 18.5. The SMILES string of the molecule is Cc1ncsc1-c1ccc(CNC(=O)C2CC(O)CN2C(=O)C(NC(=O)COCCOCCNc2ccc(CN3CC(C)(C)C(Oc4ccc(C#N)c(C(F)(F)F)c4)C3=O)cc2)C(C)(C)C)cc1. The second-order valence-corrected chi connectivity index (χ2v) is 19.6. The number of hydrogen-bond donors (Lipinski definition) is 4. The van der Waals surface area contributed by atoms with Crippen LogP contribution < -0.4 is 20.7 Å². The Bertz CT molecular complexity index is 2450. The molecule has 364 valence electrons. The van der Waals surface area contributed by atoms with Crippen molar-refractivity contribution in [2.24, 2.45) is 10.8 Å². The van der Waals surface area contributed by atoms with E-state index in [1.165, 1.54) is 11.0 Å². The van der Waals surface area contributed by atoms with Crippen LogP contribution >= 0.6 is 11.3 Å². The summed E-state index contributed by atoms with van der Waals surface area (Å²) in [6.45, 7) is 12.6. The number of thiazole rings is 1. The molecule has 3 heterocycles. The van der Waals surface area contributed by atoms with E-state index in [0.717, 1.165) is 45.1 Å². The van der Waals surface area contributed by atoms with E-state index in [4.69, 9.17) is 19.5 Å². The molecule has 3 aromatic carbocycles. The molecule has 4 unspecified atom stereocenters. The van der Waals surface area contributed by atoms with Crippen molar-refractivity contribution >= 4 is 40.7 Å². The van der Waals surface area contributed by atoms with Crippen LogP contribution in [0.3, 0.4) is 0 Å². The van der Waals surface area contributed by atoms with Gasteiger partial charge in [-0.2, -0.15) is 18.4 Å². The van der Waals surface area contributed by atoms with Crippen molar-refractivity contribution in [1.82, 2.24) is 25.4 Å². The number of rotatable bonds is 19. The van der Waals surface area contributed by atoms with Crippen LogP contribution in [0.2, 0.25) is 0 Å². The van der Waals surface area contributed by atoms with Crippen molar-refractivity contribution in [3.8, 4) is 22.3 Å². The van der Waals surface area contributed by atoms with Gasteiger partial charge in [-0.15, -0.1) is 11.3 Å². The maximum atomic E-state index is 13.9. The van der Waals surface area contributed by atoms with Crippen molar-refractivity contribution in [3.05, 3.63) is 100 Å². The zero-order valence-corrected chi connectivity index (χ0v) is 39.8. The van der Waals surface area contributed by atoms with Crippen LogP contribution in [0.4, 0.5) is 18.9 Å². The Kier molecular flexibility index (Phi) is 16.5. The van der Waals surface area contributed by atoms with Gasteiger partial charge >= 0.3 is 6.18 Å². The number of nitriles is 1. The van der Waals surface area contributed by atoms with E-state index in [1.54, 1.807) is 48.6 Å². The van der Waals surface area contributed by atoms with E-state index in [1.807, 2.05) is 69.3 Å². The van der Waals surface area contributed by atoms with Gasteiger partial charge < -0.3 is 45.1 Å². The number of amides is 4. The Morgan fingerprint density at radius 2 is 1.69 bits per heavy atom. The number of halogens is 3. The predicted molar refractivity (Wildman–Crippen MR) is 248 cm³/mol. The highest BCUT2D eigenvalue weighted by Gasteiger charge is 2.48. The van der Waals surface area contributed by atoms with Gasteiger partial charge in [0.15, 0.2) is 6.10 Å². The Morgan fingerprint density at radius 1 is 1.00 bits per heavy atom. The number of carbonyl (C=O) groups is 4. The fourth-order valence-corrected chi connectivity index (χ4v) is 8.96. The molecule has 68 heavy (non-hydrogen) atoms. The van der Waals surface area contributed by atoms with Crippen LogP contribution in [0, 0.1) is 29.1 Å². The molecule has 6 rings (SSSR count). The number of nitrogens with one attached hydrogen (secondary N) is 3. The third kappa shape index (κ3) is 13.1. The summed E-state index contributed by atoms with van der Waals surface area (Å²) < 4.78 is 57.6. The fraction of sp³-hybridized carbons (Fsp3) is 0.469. The van der Waals surface area contributed by atoms with Gasteiger partial charge in [0.05, 0.1) is 59.2 Å². The molecule has 15 nitrogen and oxygen atoms in total. The molecule has 0 saturated carbocycles. The average Bonchev–Trinajstić information content (AvgIpc) is 3.96. The highest BCUT2D eigenvalue weighted by Crippen LogP contribution is 2.38. The molecule has 2 fully saturated rings. The number of nitrogens with zero attached hydrogens (tertiary/aromatic N) is 4. The number of ether oxygens (including phenoxy) is 3. The van der Waals surface area contributed by atoms with Crippen LogP contribution in [-0.4, -0.2) is 114 Å². The summed E-state index contributed by atoms with van der Waals surface area (Å²) in [5.74, 6) is -1.88. The fourth-order valence-electron chi connectivity index (χ4n) is 8.15. The average molecular weight is 962 g/mol. The van der Waals surface area contributed by atoms with E-state index in [0.29, 0.717) is 19.7 Å². The number of aromatic nitrogens is 1. The van der Waals surface area contributed by atoms with E-state index in [9.17, 15) is 37.5 Å². The predicted octanol–water partition coefficient (Wildman–Crippen LogP) is 6.08. The van der Waals surface area contributed by atoms with E-state index in [-0.39, 0.29) is 57.5 Å². The van der Waals surface area contributed by atoms with E-state index >= 15 is 0 Å². The monoisotopic (exact) mass is 961 g/mol. The van der Waals surface area contributed by atoms with Crippen LogP contribution in [0.25, 0.3) is 10.4 Å². The molecule has 2 saturated heterocycles. The number of carbonyl (C=O) groups excluding carboxylic acids is 4. The number of aryl methyl sites for hydroxylation is 1. The lowest BCUT2D eigenvalue weighted by atomic mass is 9.85. The van der Waals surface area contributed by atoms with Gasteiger partial charge in [-0.1, -0.05) is 71.0 Å². The Labute approximate surface area is 398 Å². The first kappa shape index (κ1) is 51.3. The summed E-state index contributed by atoms with van der Waals surface area (Å²) >= 11 is 1.56. The van der Waals surface area contributed by atoms with Crippen molar-refractivity contribution < 1.29 is 51.7 Å². The van der Waals surface area contributed by atoms with Gasteiger partial charge in [-0.3, -0.25) is 19.2 Å². The first-order valence-corrected chi connectivity index (χ1v) is 23.1. The molecular formula is C49H58F3N7O8S. The third-order valence-corrected chi connectivity index (χ3v) is 12.7. The first-order chi connectivity index (χ1) is 32.1. The largest absolute Gasteiger partial charge is 0.480 e. The van der Waals surface area contributed by atoms with E-state index in [2.05, 4.69) is 20.9 Å². The highest BCUT2D eigenvalue weighted by atomic mass is 32.1. The lowest BCUT2D eigenvalue weighted by Gasteiger charge is -2.35. The van der Waals surface area contributed by atoms with Gasteiger partial charge in [0.25, 0.3) is 5.91 Å². The van der Waals surface area contributed by atoms with Crippen molar-refractivity contribution in [1.29, 1.82) is 5.26 Å². The Balaban J connectivity index is 0.883. The first-order valence-electron chi connectivity index (χ1n) is 22.2. The Morgan fingerprint density at radius 3 is 2.34 bits per heavy atom. The number of aliphatic hydroxyl groups excluding tert-OH is 1. The summed E-state index contributed by atoms with van der Waals surface area (Å²) in [5.41, 5.74) is 3.22. The van der Waals surface area contributed by atoms with Crippen LogP contribution in [0.5, 0.6) is 5.75 Å². The molecule has 0 spiro atoms. The maximum absolute atomic E-state index is 13.9. The van der Waals surface area contributed by atoms with Gasteiger partial charge in [-0.05, 0) is 59.4 Å². The second-order valence-electron chi connectivity index (χ2n) is 18.7. The van der Waals surface area contributed by atoms with Crippen molar-refractivity contribution in [2.45, 2.75) is 91.5 Å². The summed E-state index contributed by atoms with van der Waals surface area (Å²) in [6.07, 6.45) is -6.60. The molecule has 0 bridgehead atoms. The lowest BCUT2D eigenvalue weighted by Crippen LogP contribution is -2.58. The molecule has 4 amide bonds. The molecule has 19 heteroatoms. The number of aliphatic hydroxyl groups is 1. The molecule has 4 N–H and O–H groups in total. The number of alkyl halides is 3. The number of benzene rings is 3. The molecule has 0 aliphatic carbocycles. The summed E-state index contributed by atoms with van der Waals surface area (Å²) in [6, 6.07) is 17.9. The number of β-amino-alcohol motifs (C(OH)–C–C–N with tert-alkyl or cyclic N) is 1. The molecule has 1 aromatic heterocycles. The van der Waals surface area contributed by atoms with E-state index < -0.39 is 70.1 Å². The minimum atomic E-state index is -4.75. The summed E-state index contributed by atoms with van der Waals surface area (Å²) in [5, 5.41) is 28.6. The van der Waals surface area contributed by atoms with Gasteiger partial charge in [0.1, 0.15) is 24.4 Å². The molecule has 4 atom stereocenters. The standard InChI is InChI=1S/C49H58F3N7O8S/c1-30-41(68-29-56-30)33-11-7-31(8-12-33)24-55-44(62)39-21-36(60)26-59(39)45(63)42(47(2,3)4)57-40(61)27-66-20-19-65-18-17-54-35-14-9-32(10-15-35)25-58-28-48(5,6)43(46(58)64)67-37-16-13-34(23-53)38(22-37)49(50,51)52/h7-16,22,29,36,39,42-43,54,60H,17-21,24-28H2,1-6H3,(H,55,62)(H,57,61). The van der Waals surface area contributed by atoms with Crippen molar-refractivity contribution in [3.63, 3.8) is 0 Å². The third-order valence-electron chi connectivity index (χ3n) is 11.7. The second kappa shape index (κ2) is 21.9. The summed E-state index contributed by atoms with van der Waals surface area (Å²) in [7, 11) is 0. The Hall–Kier alpha value is -6.07. The van der Waals surface area contributed by atoms with Crippen LogP contribution in [0.1, 0.15) is 69.0 Å². The summed E-state index contributed by atoms with van der Waals surface area (Å²) in [4.78, 5) is 62.1. The van der Waals surface area contributed by atoms with Crippen molar-refractivity contribution in [2.75, 3.05) is 51.4 Å². The van der Waals surface area contributed by atoms with Gasteiger partial charge in [-0.25, -0.2) is 4.98 Å². The number of likely N-dealkylation sites (tertiary alicyclic amines) is 2. The zero-order chi connectivity index (χ0) is 49.4. The minimum absolute atomic E-state index is 0.0419. The maximum Gasteiger partial charge on any atom is 0.417 e. The van der Waals surface area contributed by atoms with Crippen LogP contribution in [-0.2, 0) is 47.9 Å². The quantitative estimate of drug-likeness (QED) is 0.0796. The minimum Gasteiger partial charge on any atom is -0.480 e. The molecule has 4 aromatic rings. The number of hydrogen-bond acceptors (Lipinski definition) is 12. The molecule has 2 aliphatic rings. The van der Waals surface area contributed by atoms with Gasteiger partial charge in [0.2, 0.25) is 17.7 Å². The van der Waals surface area contributed by atoms with Crippen LogP contribution in [0.15, 0.2) is 72.2 Å². The smallest absolute Gasteiger partial charge is 0.417 e. The molecule has 2 aliphatic heterocycles. The molecule has 0 radical (unpaired) electrons. The highest BCUT2D eigenvalue weighted by molar-refractivity contribution is 7.13. The topological polar surface area (TPSA) is 195 Å². The lowest BCUT2D eigenvalue weighted by molar-refractivity contribution is -0.144. The zero-order valence-electron chi connectivity index (χ0n) is 38.9. The van der Waals surface area contributed by atoms with Gasteiger partial charge in [0, 0.05) is 50.2 Å².